The summed E-state index contributed by atoms with van der Waals surface area (Å²) in [5.41, 5.74) is 2.20. The summed E-state index contributed by atoms with van der Waals surface area (Å²) in [4.78, 5) is 28.1. The van der Waals surface area contributed by atoms with Gasteiger partial charge in [-0.15, -0.1) is 0 Å². The lowest BCUT2D eigenvalue weighted by molar-refractivity contribution is -0.125. The van der Waals surface area contributed by atoms with E-state index >= 15 is 0 Å². The second-order valence-electron chi connectivity index (χ2n) is 5.64. The van der Waals surface area contributed by atoms with Crippen LogP contribution in [-0.2, 0) is 9.59 Å². The molecule has 5 heteroatoms. The molecule has 1 atom stereocenters. The first-order valence-corrected chi connectivity index (χ1v) is 7.37. The molecule has 1 aliphatic heterocycles. The minimum absolute atomic E-state index is 0.0884. The molecule has 0 radical (unpaired) electrons. The van der Waals surface area contributed by atoms with Gasteiger partial charge in [-0.25, -0.2) is 4.39 Å². The molecule has 23 heavy (non-hydrogen) atoms. The first kappa shape index (κ1) is 15.2. The molecular weight excluding hydrogens is 295 g/mol. The maximum Gasteiger partial charge on any atom is 0.234 e. The van der Waals surface area contributed by atoms with E-state index in [2.05, 4.69) is 0 Å². The highest BCUT2D eigenvalue weighted by Gasteiger charge is 2.35. The van der Waals surface area contributed by atoms with E-state index in [4.69, 9.17) is 0 Å². The van der Waals surface area contributed by atoms with Gasteiger partial charge in [0, 0.05) is 31.9 Å². The van der Waals surface area contributed by atoms with Crippen LogP contribution in [0.4, 0.5) is 15.8 Å². The highest BCUT2D eigenvalue weighted by Crippen LogP contribution is 2.36. The van der Waals surface area contributed by atoms with Gasteiger partial charge in [-0.1, -0.05) is 18.2 Å². The van der Waals surface area contributed by atoms with E-state index in [0.717, 1.165) is 11.3 Å². The van der Waals surface area contributed by atoms with Crippen molar-refractivity contribution >= 4 is 23.2 Å². The second kappa shape index (κ2) is 5.83. The molecule has 2 aromatic carbocycles. The Morgan fingerprint density at radius 2 is 1.83 bits per heavy atom. The zero-order chi connectivity index (χ0) is 16.6. The average Bonchev–Trinajstić information content (AvgIpc) is 2.57. The van der Waals surface area contributed by atoms with E-state index in [9.17, 15) is 14.0 Å². The minimum atomic E-state index is -0.523. The predicted octanol–water partition coefficient (Wildman–Crippen LogP) is 2.94. The van der Waals surface area contributed by atoms with E-state index in [1.54, 1.807) is 31.1 Å². The highest BCUT2D eigenvalue weighted by molar-refractivity contribution is 6.06. The summed E-state index contributed by atoms with van der Waals surface area (Å²) in [6.45, 7) is 0. The van der Waals surface area contributed by atoms with Gasteiger partial charge in [0.05, 0.1) is 5.92 Å². The Bertz CT molecular complexity index is 758. The average molecular weight is 312 g/mol. The molecule has 0 aromatic heterocycles. The monoisotopic (exact) mass is 312 g/mol. The smallest absolute Gasteiger partial charge is 0.234 e. The summed E-state index contributed by atoms with van der Waals surface area (Å²) in [5, 5.41) is 0. The molecule has 2 aromatic rings. The third-order valence-electron chi connectivity index (χ3n) is 4.27. The van der Waals surface area contributed by atoms with Crippen molar-refractivity contribution in [2.24, 2.45) is 0 Å². The van der Waals surface area contributed by atoms with Crippen molar-refractivity contribution < 1.29 is 14.0 Å². The van der Waals surface area contributed by atoms with Gasteiger partial charge < -0.3 is 9.80 Å². The number of fused-ring (bicyclic) bond motifs is 1. The van der Waals surface area contributed by atoms with Gasteiger partial charge in [-0.3, -0.25) is 9.59 Å². The van der Waals surface area contributed by atoms with Crippen LogP contribution in [0.2, 0.25) is 0 Å². The third-order valence-corrected chi connectivity index (χ3v) is 4.27. The molecule has 1 unspecified atom stereocenters. The van der Waals surface area contributed by atoms with Crippen molar-refractivity contribution in [1.82, 2.24) is 0 Å². The summed E-state index contributed by atoms with van der Waals surface area (Å²) in [5.74, 6) is -1.14. The minimum Gasteiger partial charge on any atom is -0.315 e. The zero-order valence-electron chi connectivity index (χ0n) is 13.0. The SMILES string of the molecule is CN(C(=O)C1CC(=O)N(C)c2ccccc21)c1ccc(F)cc1. The topological polar surface area (TPSA) is 40.6 Å². The van der Waals surface area contributed by atoms with Gasteiger partial charge in [-0.05, 0) is 35.9 Å². The van der Waals surface area contributed by atoms with Crippen LogP contribution in [0.3, 0.4) is 0 Å². The molecule has 0 aliphatic carbocycles. The van der Waals surface area contributed by atoms with Crippen LogP contribution in [-0.4, -0.2) is 25.9 Å². The molecule has 2 amide bonds. The number of halogens is 1. The Labute approximate surface area is 134 Å². The lowest BCUT2D eigenvalue weighted by Crippen LogP contribution is -2.40. The first-order chi connectivity index (χ1) is 11.0. The van der Waals surface area contributed by atoms with E-state index < -0.39 is 5.92 Å². The van der Waals surface area contributed by atoms with E-state index in [0.29, 0.717) is 5.69 Å². The number of para-hydroxylation sites is 1. The van der Waals surface area contributed by atoms with Crippen molar-refractivity contribution in [3.05, 3.63) is 59.9 Å². The highest BCUT2D eigenvalue weighted by atomic mass is 19.1. The Hall–Kier alpha value is -2.69. The molecule has 1 aliphatic rings. The van der Waals surface area contributed by atoms with E-state index in [1.807, 2.05) is 24.3 Å². The summed E-state index contributed by atoms with van der Waals surface area (Å²) in [6, 6.07) is 13.1. The van der Waals surface area contributed by atoms with E-state index in [-0.39, 0.29) is 24.1 Å². The number of carbonyl (C=O) groups is 2. The van der Waals surface area contributed by atoms with Gasteiger partial charge >= 0.3 is 0 Å². The largest absolute Gasteiger partial charge is 0.315 e. The van der Waals surface area contributed by atoms with Gasteiger partial charge in [0.25, 0.3) is 0 Å². The predicted molar refractivity (Wildman–Crippen MR) is 87.0 cm³/mol. The first-order valence-electron chi connectivity index (χ1n) is 7.37. The van der Waals surface area contributed by atoms with Crippen LogP contribution in [0, 0.1) is 5.82 Å². The summed E-state index contributed by atoms with van der Waals surface area (Å²) < 4.78 is 13.0. The van der Waals surface area contributed by atoms with Crippen molar-refractivity contribution in [3.63, 3.8) is 0 Å². The third kappa shape index (κ3) is 2.70. The molecule has 0 saturated carbocycles. The van der Waals surface area contributed by atoms with Crippen molar-refractivity contribution in [1.29, 1.82) is 0 Å². The molecule has 0 saturated heterocycles. The Kier molecular flexibility index (Phi) is 3.86. The van der Waals surface area contributed by atoms with E-state index in [1.165, 1.54) is 17.0 Å². The zero-order valence-corrected chi connectivity index (χ0v) is 13.0. The van der Waals surface area contributed by atoms with Crippen LogP contribution >= 0.6 is 0 Å². The maximum absolute atomic E-state index is 13.0. The summed E-state index contributed by atoms with van der Waals surface area (Å²) >= 11 is 0. The number of hydrogen-bond donors (Lipinski definition) is 0. The van der Waals surface area contributed by atoms with Crippen molar-refractivity contribution in [3.8, 4) is 0 Å². The number of anilines is 2. The Morgan fingerprint density at radius 1 is 1.17 bits per heavy atom. The van der Waals surface area contributed by atoms with Crippen LogP contribution in [0.5, 0.6) is 0 Å². The molecule has 1 heterocycles. The van der Waals surface area contributed by atoms with Crippen LogP contribution < -0.4 is 9.80 Å². The van der Waals surface area contributed by atoms with Crippen molar-refractivity contribution in [2.45, 2.75) is 12.3 Å². The van der Waals surface area contributed by atoms with Crippen LogP contribution in [0.15, 0.2) is 48.5 Å². The second-order valence-corrected chi connectivity index (χ2v) is 5.64. The van der Waals surface area contributed by atoms with Gasteiger partial charge in [-0.2, -0.15) is 0 Å². The number of amides is 2. The van der Waals surface area contributed by atoms with Crippen LogP contribution in [0.1, 0.15) is 17.9 Å². The standard InChI is InChI=1S/C18H17FN2O2/c1-20(13-9-7-12(19)8-10-13)18(23)15-11-17(22)21(2)16-6-4-3-5-14(15)16/h3-10,15H,11H2,1-2H3. The quantitative estimate of drug-likeness (QED) is 0.855. The number of nitrogens with zero attached hydrogens (tertiary/aromatic N) is 2. The molecule has 0 fully saturated rings. The lowest BCUT2D eigenvalue weighted by Gasteiger charge is -2.33. The van der Waals surface area contributed by atoms with Crippen molar-refractivity contribution in [2.75, 3.05) is 23.9 Å². The fourth-order valence-electron chi connectivity index (χ4n) is 2.89. The number of rotatable bonds is 2. The normalized spacial score (nSPS) is 16.9. The fourth-order valence-corrected chi connectivity index (χ4v) is 2.89. The Morgan fingerprint density at radius 3 is 2.52 bits per heavy atom. The fraction of sp³-hybridized carbons (Fsp3) is 0.222. The number of hydrogen-bond acceptors (Lipinski definition) is 2. The van der Waals surface area contributed by atoms with Gasteiger partial charge in [0.2, 0.25) is 11.8 Å². The summed E-state index contributed by atoms with van der Waals surface area (Å²) in [6.07, 6.45) is 0.137. The van der Waals surface area contributed by atoms with Gasteiger partial charge in [0.1, 0.15) is 5.82 Å². The summed E-state index contributed by atoms with van der Waals surface area (Å²) in [7, 11) is 3.35. The Balaban J connectivity index is 1.94. The van der Waals surface area contributed by atoms with Gasteiger partial charge in [0.15, 0.2) is 0 Å². The number of likely N-dealkylation sites (N-methyl/N-ethyl adjacent to an activating group) is 1. The molecule has 3 rings (SSSR count). The molecule has 0 spiro atoms. The number of carbonyl (C=O) groups excluding carboxylic acids is 2. The molecule has 0 N–H and O–H groups in total. The molecule has 118 valence electrons. The molecule has 4 nitrogen and oxygen atoms in total. The molecular formula is C18H17FN2O2. The number of benzene rings is 2. The lowest BCUT2D eigenvalue weighted by atomic mass is 9.88. The van der Waals surface area contributed by atoms with Crippen LogP contribution in [0.25, 0.3) is 0 Å². The molecule has 0 bridgehead atoms. The maximum atomic E-state index is 13.0.